The van der Waals surface area contributed by atoms with Crippen molar-refractivity contribution < 1.29 is 0 Å². The molecular weight excluding hydrogens is 244 g/mol. The predicted molar refractivity (Wildman–Crippen MR) is 87.1 cm³/mol. The molecule has 2 nitrogen and oxygen atoms in total. The first-order chi connectivity index (χ1) is 9.72. The van der Waals surface area contributed by atoms with Crippen LogP contribution in [0.5, 0.6) is 0 Å². The van der Waals surface area contributed by atoms with E-state index in [1.54, 1.807) is 0 Å². The van der Waals surface area contributed by atoms with Crippen LogP contribution in [-0.4, -0.2) is 13.6 Å². The summed E-state index contributed by atoms with van der Waals surface area (Å²) in [6.07, 6.45) is 0. The molecule has 2 aromatic rings. The molecule has 0 aliphatic carbocycles. The van der Waals surface area contributed by atoms with E-state index in [9.17, 15) is 0 Å². The van der Waals surface area contributed by atoms with Gasteiger partial charge in [0, 0.05) is 25.3 Å². The van der Waals surface area contributed by atoms with Gasteiger partial charge in [-0.2, -0.15) is 0 Å². The van der Waals surface area contributed by atoms with Crippen molar-refractivity contribution in [3.63, 3.8) is 0 Å². The average molecular weight is 268 g/mol. The first-order valence-electron chi connectivity index (χ1n) is 7.29. The van der Waals surface area contributed by atoms with E-state index in [1.165, 1.54) is 16.8 Å². The third-order valence-corrected chi connectivity index (χ3v) is 3.59. The normalized spacial score (nSPS) is 12.2. The summed E-state index contributed by atoms with van der Waals surface area (Å²) < 4.78 is 0. The molecule has 0 radical (unpaired) electrons. The number of hydrogen-bond acceptors (Lipinski definition) is 2. The second-order valence-electron chi connectivity index (χ2n) is 5.18. The maximum absolute atomic E-state index is 3.49. The van der Waals surface area contributed by atoms with E-state index >= 15 is 0 Å². The van der Waals surface area contributed by atoms with Crippen LogP contribution in [0.2, 0.25) is 0 Å². The summed E-state index contributed by atoms with van der Waals surface area (Å²) >= 11 is 0. The van der Waals surface area contributed by atoms with Gasteiger partial charge in [0.2, 0.25) is 0 Å². The minimum atomic E-state index is 0.370. The molecular formula is C18H24N2. The van der Waals surface area contributed by atoms with Gasteiger partial charge in [-0.25, -0.2) is 0 Å². The number of benzene rings is 2. The number of nitrogens with one attached hydrogen (secondary N) is 1. The fourth-order valence-corrected chi connectivity index (χ4v) is 2.56. The quantitative estimate of drug-likeness (QED) is 0.852. The summed E-state index contributed by atoms with van der Waals surface area (Å²) in [5, 5.41) is 3.49. The Morgan fingerprint density at radius 3 is 2.35 bits per heavy atom. The lowest BCUT2D eigenvalue weighted by molar-refractivity contribution is 0.597. The minimum absolute atomic E-state index is 0.370. The van der Waals surface area contributed by atoms with Crippen LogP contribution in [-0.2, 0) is 6.54 Å². The Bertz CT molecular complexity index is 522. The van der Waals surface area contributed by atoms with Gasteiger partial charge in [0.05, 0.1) is 0 Å². The topological polar surface area (TPSA) is 15.3 Å². The highest BCUT2D eigenvalue weighted by Crippen LogP contribution is 2.26. The number of rotatable bonds is 6. The second-order valence-corrected chi connectivity index (χ2v) is 5.18. The van der Waals surface area contributed by atoms with Crippen molar-refractivity contribution in [3.05, 3.63) is 65.7 Å². The van der Waals surface area contributed by atoms with Crippen LogP contribution in [0.1, 0.15) is 31.0 Å². The van der Waals surface area contributed by atoms with Crippen LogP contribution >= 0.6 is 0 Å². The molecule has 0 aromatic heterocycles. The molecule has 20 heavy (non-hydrogen) atoms. The third kappa shape index (κ3) is 3.61. The molecule has 0 heterocycles. The van der Waals surface area contributed by atoms with Crippen LogP contribution in [0.3, 0.4) is 0 Å². The molecule has 0 bridgehead atoms. The van der Waals surface area contributed by atoms with Crippen molar-refractivity contribution in [3.8, 4) is 0 Å². The van der Waals surface area contributed by atoms with Gasteiger partial charge >= 0.3 is 0 Å². The van der Waals surface area contributed by atoms with Crippen molar-refractivity contribution in [1.82, 2.24) is 5.32 Å². The Kier molecular flexibility index (Phi) is 5.19. The van der Waals surface area contributed by atoms with E-state index in [0.717, 1.165) is 13.1 Å². The molecule has 1 unspecified atom stereocenters. The summed E-state index contributed by atoms with van der Waals surface area (Å²) in [5.74, 6) is 0. The zero-order valence-electron chi connectivity index (χ0n) is 12.6. The molecule has 0 saturated carbocycles. The van der Waals surface area contributed by atoms with Gasteiger partial charge in [-0.3, -0.25) is 0 Å². The van der Waals surface area contributed by atoms with E-state index < -0.39 is 0 Å². The number of nitrogens with zero attached hydrogens (tertiary/aromatic N) is 1. The van der Waals surface area contributed by atoms with Gasteiger partial charge in [-0.15, -0.1) is 0 Å². The van der Waals surface area contributed by atoms with E-state index in [4.69, 9.17) is 0 Å². The highest BCUT2D eigenvalue weighted by Gasteiger charge is 2.12. The van der Waals surface area contributed by atoms with Crippen LogP contribution in [0.25, 0.3) is 0 Å². The second kappa shape index (κ2) is 7.11. The number of para-hydroxylation sites is 1. The van der Waals surface area contributed by atoms with E-state index in [0.29, 0.717) is 6.04 Å². The molecule has 0 saturated heterocycles. The molecule has 0 fully saturated rings. The van der Waals surface area contributed by atoms with Gasteiger partial charge < -0.3 is 10.2 Å². The molecule has 1 atom stereocenters. The van der Waals surface area contributed by atoms with Crippen molar-refractivity contribution in [2.75, 3.05) is 18.5 Å². The Morgan fingerprint density at radius 1 is 1.00 bits per heavy atom. The molecule has 2 aromatic carbocycles. The third-order valence-electron chi connectivity index (χ3n) is 3.59. The lowest BCUT2D eigenvalue weighted by atomic mass is 10.0. The Labute approximate surface area is 122 Å². The van der Waals surface area contributed by atoms with Gasteiger partial charge in [0.25, 0.3) is 0 Å². The SMILES string of the molecule is CCNC(C)c1ccccc1N(C)Cc1ccccc1. The smallest absolute Gasteiger partial charge is 0.0426 e. The number of hydrogen-bond donors (Lipinski definition) is 1. The molecule has 0 aliphatic heterocycles. The average Bonchev–Trinajstić information content (AvgIpc) is 2.48. The molecule has 0 aliphatic rings. The lowest BCUT2D eigenvalue weighted by Gasteiger charge is -2.25. The molecule has 0 amide bonds. The zero-order valence-corrected chi connectivity index (χ0v) is 12.6. The molecule has 1 N–H and O–H groups in total. The van der Waals surface area contributed by atoms with Crippen LogP contribution < -0.4 is 10.2 Å². The fraction of sp³-hybridized carbons (Fsp3) is 0.333. The lowest BCUT2D eigenvalue weighted by Crippen LogP contribution is -2.23. The Balaban J connectivity index is 2.19. The van der Waals surface area contributed by atoms with E-state index in [-0.39, 0.29) is 0 Å². The van der Waals surface area contributed by atoms with Crippen molar-refractivity contribution in [2.24, 2.45) is 0 Å². The maximum Gasteiger partial charge on any atom is 0.0426 e. The summed E-state index contributed by atoms with van der Waals surface area (Å²) in [5.41, 5.74) is 3.98. The summed E-state index contributed by atoms with van der Waals surface area (Å²) in [7, 11) is 2.16. The van der Waals surface area contributed by atoms with E-state index in [2.05, 4.69) is 85.7 Å². The van der Waals surface area contributed by atoms with Crippen molar-refractivity contribution in [1.29, 1.82) is 0 Å². The zero-order chi connectivity index (χ0) is 14.4. The highest BCUT2D eigenvalue weighted by atomic mass is 15.1. The Hall–Kier alpha value is -1.80. The first-order valence-corrected chi connectivity index (χ1v) is 7.29. The van der Waals surface area contributed by atoms with Gasteiger partial charge in [0.15, 0.2) is 0 Å². The maximum atomic E-state index is 3.49. The van der Waals surface area contributed by atoms with Gasteiger partial charge in [0.1, 0.15) is 0 Å². The molecule has 0 spiro atoms. The number of anilines is 1. The fourth-order valence-electron chi connectivity index (χ4n) is 2.56. The molecule has 2 heteroatoms. The predicted octanol–water partition coefficient (Wildman–Crippen LogP) is 3.99. The van der Waals surface area contributed by atoms with Crippen LogP contribution in [0.4, 0.5) is 5.69 Å². The van der Waals surface area contributed by atoms with Crippen LogP contribution in [0.15, 0.2) is 54.6 Å². The minimum Gasteiger partial charge on any atom is -0.370 e. The van der Waals surface area contributed by atoms with Crippen LogP contribution in [0, 0.1) is 0 Å². The highest BCUT2D eigenvalue weighted by molar-refractivity contribution is 5.54. The standard InChI is InChI=1S/C18H24N2/c1-4-19-15(2)17-12-8-9-13-18(17)20(3)14-16-10-6-5-7-11-16/h5-13,15,19H,4,14H2,1-3H3. The van der Waals surface area contributed by atoms with Gasteiger partial charge in [-0.05, 0) is 30.7 Å². The van der Waals surface area contributed by atoms with E-state index in [1.807, 2.05) is 0 Å². The molecule has 2 rings (SSSR count). The van der Waals surface area contributed by atoms with Crippen molar-refractivity contribution >= 4 is 5.69 Å². The first kappa shape index (κ1) is 14.6. The summed E-state index contributed by atoms with van der Waals surface area (Å²) in [6.45, 7) is 6.28. The summed E-state index contributed by atoms with van der Waals surface area (Å²) in [6, 6.07) is 19.6. The monoisotopic (exact) mass is 268 g/mol. The molecule has 106 valence electrons. The Morgan fingerprint density at radius 2 is 1.65 bits per heavy atom. The largest absolute Gasteiger partial charge is 0.370 e. The van der Waals surface area contributed by atoms with Gasteiger partial charge in [-0.1, -0.05) is 55.5 Å². The van der Waals surface area contributed by atoms with Crippen molar-refractivity contribution in [2.45, 2.75) is 26.4 Å². The summed E-state index contributed by atoms with van der Waals surface area (Å²) in [4.78, 5) is 2.32.